The Hall–Kier alpha value is -2.66. The largest absolute Gasteiger partial charge is 0.462 e. The fourth-order valence-corrected chi connectivity index (χ4v) is 5.75. The molecule has 0 heterocycles. The second-order valence-corrected chi connectivity index (χ2v) is 14.0. The van der Waals surface area contributed by atoms with Gasteiger partial charge in [-0.1, -0.05) is 170 Å². The number of ether oxygens (including phenoxy) is 2. The van der Waals surface area contributed by atoms with Crippen LogP contribution in [0.25, 0.3) is 0 Å². The highest BCUT2D eigenvalue weighted by molar-refractivity contribution is 5.70. The van der Waals surface area contributed by atoms with Crippen LogP contribution in [0, 0.1) is 0 Å². The van der Waals surface area contributed by atoms with Crippen LogP contribution < -0.4 is 0 Å². The fourth-order valence-electron chi connectivity index (χ4n) is 5.75. The summed E-state index contributed by atoms with van der Waals surface area (Å²) < 4.78 is 10.6. The first-order chi connectivity index (χ1) is 25.6. The minimum absolute atomic E-state index is 0.0799. The van der Waals surface area contributed by atoms with Crippen molar-refractivity contribution in [3.05, 3.63) is 72.9 Å². The van der Waals surface area contributed by atoms with E-state index in [1.807, 2.05) is 0 Å². The summed E-state index contributed by atoms with van der Waals surface area (Å²) in [6.45, 7) is 3.99. The van der Waals surface area contributed by atoms with Crippen LogP contribution in [0.15, 0.2) is 72.9 Å². The number of carbonyl (C=O) groups excluding carboxylic acids is 2. The van der Waals surface area contributed by atoms with Gasteiger partial charge in [0, 0.05) is 12.8 Å². The summed E-state index contributed by atoms with van der Waals surface area (Å²) in [5.41, 5.74) is 0. The van der Waals surface area contributed by atoms with E-state index in [0.717, 1.165) is 83.5 Å². The highest BCUT2D eigenvalue weighted by Crippen LogP contribution is 2.13. The predicted octanol–water partition coefficient (Wildman–Crippen LogP) is 13.7. The molecule has 5 nitrogen and oxygen atoms in total. The molecule has 1 N–H and O–H groups in total. The van der Waals surface area contributed by atoms with Crippen LogP contribution in [0.4, 0.5) is 0 Å². The Bertz CT molecular complexity index is 957. The van der Waals surface area contributed by atoms with Gasteiger partial charge in [-0.3, -0.25) is 9.59 Å². The van der Waals surface area contributed by atoms with Gasteiger partial charge in [0.25, 0.3) is 0 Å². The lowest BCUT2D eigenvalue weighted by molar-refractivity contribution is -0.161. The van der Waals surface area contributed by atoms with Gasteiger partial charge >= 0.3 is 11.9 Å². The number of aliphatic hydroxyl groups is 1. The van der Waals surface area contributed by atoms with E-state index >= 15 is 0 Å². The van der Waals surface area contributed by atoms with Gasteiger partial charge in [0.1, 0.15) is 6.61 Å². The number of allylic oxidation sites excluding steroid dienone is 12. The Labute approximate surface area is 321 Å². The van der Waals surface area contributed by atoms with Crippen molar-refractivity contribution in [1.29, 1.82) is 0 Å². The summed E-state index contributed by atoms with van der Waals surface area (Å²) in [6, 6.07) is 0. The van der Waals surface area contributed by atoms with Crippen molar-refractivity contribution in [1.82, 2.24) is 0 Å². The Balaban J connectivity index is 3.61. The zero-order chi connectivity index (χ0) is 37.8. The zero-order valence-corrected chi connectivity index (χ0v) is 33.8. The Kier molecular flexibility index (Phi) is 40.6. The summed E-state index contributed by atoms with van der Waals surface area (Å²) in [5, 5.41) is 9.58. The summed E-state index contributed by atoms with van der Waals surface area (Å²) in [7, 11) is 0. The second kappa shape index (κ2) is 42.8. The van der Waals surface area contributed by atoms with Crippen molar-refractivity contribution in [2.24, 2.45) is 0 Å². The minimum atomic E-state index is -0.786. The van der Waals surface area contributed by atoms with Crippen molar-refractivity contribution < 1.29 is 24.2 Å². The quantitative estimate of drug-likeness (QED) is 0.0390. The molecule has 1 unspecified atom stereocenters. The van der Waals surface area contributed by atoms with Crippen LogP contribution in [-0.2, 0) is 19.1 Å². The standard InChI is InChI=1S/C47H80O5/c1-3-5-7-9-11-13-15-17-19-21-22-23-24-26-28-30-32-34-36-38-40-42-47(50)52-45(43-48)44-51-46(49)41-39-37-35-33-31-29-27-25-20-18-16-14-12-10-8-6-4-2/h6,8,12,14-15,17-18,20-22,24,26,45,48H,3-5,7,9-11,13,16,19,23,25,27-44H2,1-2H3/b8-6-,14-12-,17-15-,20-18-,22-21-,26-24-. The summed E-state index contributed by atoms with van der Waals surface area (Å²) in [5.74, 6) is -0.620. The number of aliphatic hydroxyl groups excluding tert-OH is 1. The molecule has 0 aliphatic rings. The van der Waals surface area contributed by atoms with E-state index in [9.17, 15) is 14.7 Å². The van der Waals surface area contributed by atoms with Crippen molar-refractivity contribution in [2.75, 3.05) is 13.2 Å². The number of hydrogen-bond donors (Lipinski definition) is 1. The van der Waals surface area contributed by atoms with Crippen molar-refractivity contribution >= 4 is 11.9 Å². The summed E-state index contributed by atoms with van der Waals surface area (Å²) in [4.78, 5) is 24.3. The minimum Gasteiger partial charge on any atom is -0.462 e. The van der Waals surface area contributed by atoms with Crippen LogP contribution in [0.5, 0.6) is 0 Å². The molecule has 0 bridgehead atoms. The van der Waals surface area contributed by atoms with E-state index in [-0.39, 0.29) is 25.2 Å². The van der Waals surface area contributed by atoms with Gasteiger partial charge in [-0.25, -0.2) is 0 Å². The Morgan fingerprint density at radius 3 is 1.25 bits per heavy atom. The molecule has 0 aromatic carbocycles. The highest BCUT2D eigenvalue weighted by atomic mass is 16.6. The van der Waals surface area contributed by atoms with Gasteiger partial charge < -0.3 is 14.6 Å². The Morgan fingerprint density at radius 1 is 0.462 bits per heavy atom. The molecule has 0 saturated heterocycles. The molecule has 0 radical (unpaired) electrons. The van der Waals surface area contributed by atoms with Crippen LogP contribution in [-0.4, -0.2) is 36.4 Å². The van der Waals surface area contributed by atoms with E-state index in [1.165, 1.54) is 83.5 Å². The second-order valence-electron chi connectivity index (χ2n) is 14.0. The lowest BCUT2D eigenvalue weighted by Gasteiger charge is -2.15. The first-order valence-corrected chi connectivity index (χ1v) is 21.5. The van der Waals surface area contributed by atoms with E-state index < -0.39 is 6.10 Å². The van der Waals surface area contributed by atoms with Gasteiger partial charge in [-0.15, -0.1) is 0 Å². The average molecular weight is 725 g/mol. The molecular formula is C47H80O5. The molecule has 0 rings (SSSR count). The molecule has 0 aromatic heterocycles. The molecule has 0 fully saturated rings. The van der Waals surface area contributed by atoms with E-state index in [2.05, 4.69) is 86.8 Å². The molecule has 1 atom stereocenters. The molecule has 298 valence electrons. The zero-order valence-electron chi connectivity index (χ0n) is 33.8. The normalized spacial score (nSPS) is 12.9. The average Bonchev–Trinajstić information content (AvgIpc) is 3.15. The Morgan fingerprint density at radius 2 is 0.827 bits per heavy atom. The molecule has 0 aliphatic carbocycles. The van der Waals surface area contributed by atoms with Gasteiger partial charge in [0.15, 0.2) is 6.10 Å². The number of unbranched alkanes of at least 4 members (excludes halogenated alkanes) is 18. The maximum atomic E-state index is 12.2. The van der Waals surface area contributed by atoms with Gasteiger partial charge in [-0.2, -0.15) is 0 Å². The maximum Gasteiger partial charge on any atom is 0.306 e. The highest BCUT2D eigenvalue weighted by Gasteiger charge is 2.16. The van der Waals surface area contributed by atoms with Crippen LogP contribution in [0.2, 0.25) is 0 Å². The smallest absolute Gasteiger partial charge is 0.306 e. The SMILES string of the molecule is CC/C=C\C/C=C\C/C=C\CCCCCCCCCC(=O)OCC(CO)OC(=O)CCCCCCCC/C=C\C/C=C\C/C=C\CCCCCCC. The maximum absolute atomic E-state index is 12.2. The van der Waals surface area contributed by atoms with E-state index in [1.54, 1.807) is 0 Å². The third kappa shape index (κ3) is 40.1. The predicted molar refractivity (Wildman–Crippen MR) is 223 cm³/mol. The van der Waals surface area contributed by atoms with Crippen molar-refractivity contribution in [3.63, 3.8) is 0 Å². The fraction of sp³-hybridized carbons (Fsp3) is 0.702. The van der Waals surface area contributed by atoms with Crippen LogP contribution in [0.3, 0.4) is 0 Å². The van der Waals surface area contributed by atoms with Gasteiger partial charge in [0.2, 0.25) is 0 Å². The molecule has 0 aromatic rings. The first-order valence-electron chi connectivity index (χ1n) is 21.5. The lowest BCUT2D eigenvalue weighted by Crippen LogP contribution is -2.28. The van der Waals surface area contributed by atoms with E-state index in [4.69, 9.17) is 9.47 Å². The number of esters is 2. The molecule has 0 aliphatic heterocycles. The first kappa shape index (κ1) is 49.3. The van der Waals surface area contributed by atoms with E-state index in [0.29, 0.717) is 12.8 Å². The molecule has 52 heavy (non-hydrogen) atoms. The number of hydrogen-bond acceptors (Lipinski definition) is 5. The number of carbonyl (C=O) groups is 2. The summed E-state index contributed by atoms with van der Waals surface area (Å²) >= 11 is 0. The molecule has 0 spiro atoms. The molecule has 0 saturated carbocycles. The van der Waals surface area contributed by atoms with Crippen LogP contribution in [0.1, 0.15) is 194 Å². The monoisotopic (exact) mass is 725 g/mol. The molecule has 0 amide bonds. The summed E-state index contributed by atoms with van der Waals surface area (Å²) in [6.07, 6.45) is 56.8. The van der Waals surface area contributed by atoms with Gasteiger partial charge in [-0.05, 0) is 83.5 Å². The lowest BCUT2D eigenvalue weighted by atomic mass is 10.1. The molecule has 5 heteroatoms. The van der Waals surface area contributed by atoms with Crippen molar-refractivity contribution in [2.45, 2.75) is 200 Å². The third-order valence-corrected chi connectivity index (χ3v) is 8.98. The van der Waals surface area contributed by atoms with Gasteiger partial charge in [0.05, 0.1) is 6.61 Å². The van der Waals surface area contributed by atoms with Crippen LogP contribution >= 0.6 is 0 Å². The number of rotatable bonds is 38. The third-order valence-electron chi connectivity index (χ3n) is 8.98. The topological polar surface area (TPSA) is 72.8 Å². The molecular weight excluding hydrogens is 645 g/mol. The van der Waals surface area contributed by atoms with Crippen molar-refractivity contribution in [3.8, 4) is 0 Å².